The van der Waals surface area contributed by atoms with Gasteiger partial charge >= 0.3 is 0 Å². The number of halogens is 1. The van der Waals surface area contributed by atoms with Crippen LogP contribution in [0.4, 0.5) is 5.69 Å². The van der Waals surface area contributed by atoms with Gasteiger partial charge in [0.25, 0.3) is 0 Å². The van der Waals surface area contributed by atoms with Crippen molar-refractivity contribution in [1.82, 2.24) is 0 Å². The van der Waals surface area contributed by atoms with Crippen molar-refractivity contribution in [2.45, 2.75) is 12.5 Å². The molecule has 1 aliphatic heterocycles. The summed E-state index contributed by atoms with van der Waals surface area (Å²) >= 11 is 5.83. The van der Waals surface area contributed by atoms with E-state index in [1.54, 1.807) is 0 Å². The molecule has 3 rings (SSSR count). The summed E-state index contributed by atoms with van der Waals surface area (Å²) < 4.78 is 5.75. The molecule has 0 spiro atoms. The van der Waals surface area contributed by atoms with E-state index < -0.39 is 0 Å². The van der Waals surface area contributed by atoms with Crippen molar-refractivity contribution in [3.63, 3.8) is 0 Å². The molecule has 2 nitrogen and oxygen atoms in total. The number of ether oxygens (including phenoxy) is 1. The van der Waals surface area contributed by atoms with Crippen LogP contribution in [0.2, 0.25) is 5.02 Å². The van der Waals surface area contributed by atoms with Gasteiger partial charge in [0.1, 0.15) is 12.4 Å². The lowest BCUT2D eigenvalue weighted by Gasteiger charge is -2.13. The summed E-state index contributed by atoms with van der Waals surface area (Å²) in [6.45, 7) is 0.663. The molecule has 0 aliphatic carbocycles. The maximum absolute atomic E-state index is 5.83. The molecule has 0 bridgehead atoms. The van der Waals surface area contributed by atoms with Gasteiger partial charge in [-0.15, -0.1) is 0 Å². The summed E-state index contributed by atoms with van der Waals surface area (Å²) in [5.74, 6) is 0.858. The molecule has 2 aromatic rings. The number of anilines is 1. The highest BCUT2D eigenvalue weighted by molar-refractivity contribution is 6.30. The monoisotopic (exact) mass is 259 g/mol. The molecule has 0 aromatic heterocycles. The number of fused-ring (bicyclic) bond motifs is 1. The molecule has 2 aromatic carbocycles. The Morgan fingerprint density at radius 2 is 1.89 bits per heavy atom. The third-order valence-electron chi connectivity index (χ3n) is 3.11. The van der Waals surface area contributed by atoms with E-state index in [9.17, 15) is 0 Å². The standard InChI is InChI=1S/C15H14ClNO/c16-12-5-7-14(8-6-12)18-10-13-9-11-3-1-2-4-15(11)17-13/h1-8,13,17H,9-10H2. The van der Waals surface area contributed by atoms with Crippen LogP contribution in [0.1, 0.15) is 5.56 Å². The summed E-state index contributed by atoms with van der Waals surface area (Å²) in [7, 11) is 0. The van der Waals surface area contributed by atoms with Crippen LogP contribution >= 0.6 is 11.6 Å². The average Bonchev–Trinajstić information content (AvgIpc) is 2.81. The number of hydrogen-bond donors (Lipinski definition) is 1. The summed E-state index contributed by atoms with van der Waals surface area (Å²) in [4.78, 5) is 0. The van der Waals surface area contributed by atoms with Gasteiger partial charge in [-0.05, 0) is 42.3 Å². The second kappa shape index (κ2) is 4.91. The predicted molar refractivity (Wildman–Crippen MR) is 74.5 cm³/mol. The van der Waals surface area contributed by atoms with Crippen LogP contribution < -0.4 is 10.1 Å². The number of benzene rings is 2. The Balaban J connectivity index is 1.58. The Bertz CT molecular complexity index is 513. The molecule has 0 radical (unpaired) electrons. The lowest BCUT2D eigenvalue weighted by atomic mass is 10.1. The second-order valence-electron chi connectivity index (χ2n) is 4.47. The molecule has 92 valence electrons. The summed E-state index contributed by atoms with van der Waals surface area (Å²) in [5.41, 5.74) is 2.59. The van der Waals surface area contributed by atoms with Gasteiger partial charge in [-0.2, -0.15) is 0 Å². The Labute approximate surface area is 112 Å². The van der Waals surface area contributed by atoms with E-state index in [1.165, 1.54) is 11.3 Å². The van der Waals surface area contributed by atoms with Gasteiger partial charge in [-0.3, -0.25) is 0 Å². The Morgan fingerprint density at radius 3 is 2.67 bits per heavy atom. The second-order valence-corrected chi connectivity index (χ2v) is 4.90. The molecule has 0 saturated carbocycles. The molecule has 1 aliphatic rings. The first-order valence-electron chi connectivity index (χ1n) is 6.04. The van der Waals surface area contributed by atoms with Gasteiger partial charge < -0.3 is 10.1 Å². The number of rotatable bonds is 3. The summed E-state index contributed by atoms with van der Waals surface area (Å²) in [6, 6.07) is 16.2. The van der Waals surface area contributed by atoms with Gasteiger partial charge in [-0.25, -0.2) is 0 Å². The van der Waals surface area contributed by atoms with E-state index >= 15 is 0 Å². The number of para-hydroxylation sites is 1. The molecular formula is C15H14ClNO. The molecule has 1 N–H and O–H groups in total. The van der Waals surface area contributed by atoms with Crippen molar-refractivity contribution in [2.24, 2.45) is 0 Å². The largest absolute Gasteiger partial charge is 0.491 e. The van der Waals surface area contributed by atoms with E-state index in [0.717, 1.165) is 17.2 Å². The quantitative estimate of drug-likeness (QED) is 0.906. The van der Waals surface area contributed by atoms with E-state index in [1.807, 2.05) is 30.3 Å². The van der Waals surface area contributed by atoms with E-state index in [4.69, 9.17) is 16.3 Å². The first kappa shape index (κ1) is 11.4. The van der Waals surface area contributed by atoms with Crippen molar-refractivity contribution in [3.8, 4) is 5.75 Å². The minimum atomic E-state index is 0.345. The molecular weight excluding hydrogens is 246 g/mol. The van der Waals surface area contributed by atoms with Gasteiger partial charge in [0.05, 0.1) is 6.04 Å². The lowest BCUT2D eigenvalue weighted by Crippen LogP contribution is -2.24. The first-order valence-corrected chi connectivity index (χ1v) is 6.42. The first-order chi connectivity index (χ1) is 8.81. The highest BCUT2D eigenvalue weighted by atomic mass is 35.5. The minimum absolute atomic E-state index is 0.345. The van der Waals surface area contributed by atoms with Crippen LogP contribution in [-0.2, 0) is 6.42 Å². The normalized spacial score (nSPS) is 17.1. The minimum Gasteiger partial charge on any atom is -0.491 e. The lowest BCUT2D eigenvalue weighted by molar-refractivity contribution is 0.299. The number of nitrogens with one attached hydrogen (secondary N) is 1. The fourth-order valence-corrected chi connectivity index (χ4v) is 2.33. The Hall–Kier alpha value is -1.67. The maximum atomic E-state index is 5.83. The van der Waals surface area contributed by atoms with Gasteiger partial charge in [0.15, 0.2) is 0 Å². The fourth-order valence-electron chi connectivity index (χ4n) is 2.20. The highest BCUT2D eigenvalue weighted by Crippen LogP contribution is 2.25. The molecule has 18 heavy (non-hydrogen) atoms. The van der Waals surface area contributed by atoms with Crippen molar-refractivity contribution in [3.05, 3.63) is 59.1 Å². The third kappa shape index (κ3) is 2.44. The van der Waals surface area contributed by atoms with E-state index in [0.29, 0.717) is 12.6 Å². The smallest absolute Gasteiger partial charge is 0.119 e. The zero-order chi connectivity index (χ0) is 12.4. The topological polar surface area (TPSA) is 21.3 Å². The molecule has 0 saturated heterocycles. The van der Waals surface area contributed by atoms with Crippen LogP contribution in [0.3, 0.4) is 0 Å². The van der Waals surface area contributed by atoms with E-state index in [-0.39, 0.29) is 0 Å². The van der Waals surface area contributed by atoms with Crippen molar-refractivity contribution in [2.75, 3.05) is 11.9 Å². The zero-order valence-electron chi connectivity index (χ0n) is 9.90. The molecule has 1 unspecified atom stereocenters. The molecule has 0 amide bonds. The molecule has 1 heterocycles. The zero-order valence-corrected chi connectivity index (χ0v) is 10.7. The van der Waals surface area contributed by atoms with Crippen LogP contribution in [0.15, 0.2) is 48.5 Å². The molecule has 3 heteroatoms. The van der Waals surface area contributed by atoms with Crippen LogP contribution in [0.5, 0.6) is 5.75 Å². The van der Waals surface area contributed by atoms with Gasteiger partial charge in [-0.1, -0.05) is 29.8 Å². The predicted octanol–water partition coefficient (Wildman–Crippen LogP) is 3.76. The van der Waals surface area contributed by atoms with Gasteiger partial charge in [0, 0.05) is 10.7 Å². The van der Waals surface area contributed by atoms with Crippen molar-refractivity contribution >= 4 is 17.3 Å². The fraction of sp³-hybridized carbons (Fsp3) is 0.200. The van der Waals surface area contributed by atoms with Crippen molar-refractivity contribution in [1.29, 1.82) is 0 Å². The molecule has 1 atom stereocenters. The summed E-state index contributed by atoms with van der Waals surface area (Å²) in [6.07, 6.45) is 1.02. The van der Waals surface area contributed by atoms with Crippen LogP contribution in [0, 0.1) is 0 Å². The Morgan fingerprint density at radius 1 is 1.11 bits per heavy atom. The van der Waals surface area contributed by atoms with E-state index in [2.05, 4.69) is 23.5 Å². The van der Waals surface area contributed by atoms with Gasteiger partial charge in [0.2, 0.25) is 0 Å². The number of hydrogen-bond acceptors (Lipinski definition) is 2. The Kier molecular flexibility index (Phi) is 3.11. The highest BCUT2D eigenvalue weighted by Gasteiger charge is 2.20. The maximum Gasteiger partial charge on any atom is 0.119 e. The van der Waals surface area contributed by atoms with Crippen LogP contribution in [-0.4, -0.2) is 12.6 Å². The van der Waals surface area contributed by atoms with Crippen LogP contribution in [0.25, 0.3) is 0 Å². The SMILES string of the molecule is Clc1ccc(OCC2Cc3ccccc3N2)cc1. The summed E-state index contributed by atoms with van der Waals surface area (Å²) in [5, 5.41) is 4.20. The average molecular weight is 260 g/mol. The molecule has 0 fully saturated rings. The third-order valence-corrected chi connectivity index (χ3v) is 3.36. The van der Waals surface area contributed by atoms with Crippen molar-refractivity contribution < 1.29 is 4.74 Å².